The van der Waals surface area contributed by atoms with Crippen LogP contribution in [0, 0.1) is 5.92 Å². The molecular weight excluding hydrogens is 428 g/mol. The molecule has 0 spiro atoms. The molecule has 2 aromatic rings. The zero-order chi connectivity index (χ0) is 23.5. The molecule has 7 nitrogen and oxygen atoms in total. The Balaban J connectivity index is 1.28. The van der Waals surface area contributed by atoms with Crippen LogP contribution in [-0.2, 0) is 22.7 Å². The predicted octanol–water partition coefficient (Wildman–Crippen LogP) is 2.32. The smallest absolute Gasteiger partial charge is 0.255 e. The van der Waals surface area contributed by atoms with Gasteiger partial charge >= 0.3 is 0 Å². The van der Waals surface area contributed by atoms with Gasteiger partial charge in [-0.2, -0.15) is 0 Å². The van der Waals surface area contributed by atoms with E-state index in [9.17, 15) is 14.4 Å². The Morgan fingerprint density at radius 1 is 0.971 bits per heavy atom. The van der Waals surface area contributed by atoms with E-state index < -0.39 is 6.04 Å². The van der Waals surface area contributed by atoms with E-state index >= 15 is 0 Å². The summed E-state index contributed by atoms with van der Waals surface area (Å²) >= 11 is 0. The number of rotatable bonds is 7. The number of amides is 3. The van der Waals surface area contributed by atoms with Crippen molar-refractivity contribution in [2.45, 2.75) is 50.7 Å². The van der Waals surface area contributed by atoms with Crippen molar-refractivity contribution in [3.05, 3.63) is 70.8 Å². The molecule has 0 aliphatic carbocycles. The summed E-state index contributed by atoms with van der Waals surface area (Å²) in [5.41, 5.74) is 4.13. The van der Waals surface area contributed by atoms with Gasteiger partial charge in [0.15, 0.2) is 0 Å². The van der Waals surface area contributed by atoms with Crippen LogP contribution in [0.5, 0.6) is 0 Å². The summed E-state index contributed by atoms with van der Waals surface area (Å²) in [4.78, 5) is 38.6. The molecule has 34 heavy (non-hydrogen) atoms. The molecular formula is C27H32N4O3. The quantitative estimate of drug-likeness (QED) is 0.552. The van der Waals surface area contributed by atoms with Gasteiger partial charge in [-0.15, -0.1) is 0 Å². The van der Waals surface area contributed by atoms with Crippen molar-refractivity contribution in [2.75, 3.05) is 19.6 Å². The highest BCUT2D eigenvalue weighted by atomic mass is 16.2. The van der Waals surface area contributed by atoms with Crippen molar-refractivity contribution in [3.8, 4) is 0 Å². The molecule has 3 heterocycles. The Labute approximate surface area is 200 Å². The SMILES string of the molecule is O=C1CCC(N2Cc3c(CNCC(c4ccccc4)C4CCNCC4)cccc3C2=O)C(=O)N1. The Morgan fingerprint density at radius 3 is 2.53 bits per heavy atom. The fraction of sp³-hybridized carbons (Fsp3) is 0.444. The zero-order valence-electron chi connectivity index (χ0n) is 19.4. The van der Waals surface area contributed by atoms with Gasteiger partial charge in [0.1, 0.15) is 6.04 Å². The third-order valence-corrected chi connectivity index (χ3v) is 7.54. The van der Waals surface area contributed by atoms with Crippen LogP contribution >= 0.6 is 0 Å². The van der Waals surface area contributed by atoms with E-state index in [1.165, 1.54) is 18.4 Å². The molecule has 5 rings (SSSR count). The molecule has 3 aliphatic rings. The van der Waals surface area contributed by atoms with Gasteiger partial charge in [0.2, 0.25) is 11.8 Å². The maximum absolute atomic E-state index is 13.1. The molecule has 0 bridgehead atoms. The summed E-state index contributed by atoms with van der Waals surface area (Å²) < 4.78 is 0. The Kier molecular flexibility index (Phi) is 6.74. The predicted molar refractivity (Wildman–Crippen MR) is 129 cm³/mol. The lowest BCUT2D eigenvalue weighted by molar-refractivity contribution is -0.136. The van der Waals surface area contributed by atoms with Crippen LogP contribution in [0.15, 0.2) is 48.5 Å². The molecule has 0 aromatic heterocycles. The van der Waals surface area contributed by atoms with E-state index in [2.05, 4.69) is 52.3 Å². The minimum atomic E-state index is -0.583. The van der Waals surface area contributed by atoms with Crippen LogP contribution in [0.2, 0.25) is 0 Å². The first kappa shape index (κ1) is 22.7. The van der Waals surface area contributed by atoms with Gasteiger partial charge in [-0.3, -0.25) is 19.7 Å². The Hall–Kier alpha value is -3.03. The number of fused-ring (bicyclic) bond motifs is 1. The van der Waals surface area contributed by atoms with Gasteiger partial charge in [0.05, 0.1) is 0 Å². The average Bonchev–Trinajstić information content (AvgIpc) is 3.20. The van der Waals surface area contributed by atoms with E-state index in [0.29, 0.717) is 36.9 Å². The second-order valence-corrected chi connectivity index (χ2v) is 9.58. The van der Waals surface area contributed by atoms with Gasteiger partial charge < -0.3 is 15.5 Å². The molecule has 3 amide bonds. The topological polar surface area (TPSA) is 90.5 Å². The monoisotopic (exact) mass is 460 g/mol. The molecule has 178 valence electrons. The second kappa shape index (κ2) is 10.1. The van der Waals surface area contributed by atoms with Gasteiger partial charge in [-0.1, -0.05) is 42.5 Å². The van der Waals surface area contributed by atoms with Crippen LogP contribution in [0.25, 0.3) is 0 Å². The molecule has 0 radical (unpaired) electrons. The molecule has 2 aromatic carbocycles. The third kappa shape index (κ3) is 4.63. The molecule has 2 atom stereocenters. The number of carbonyl (C=O) groups is 3. The number of carbonyl (C=O) groups excluding carboxylic acids is 3. The van der Waals surface area contributed by atoms with E-state index in [0.717, 1.165) is 30.8 Å². The summed E-state index contributed by atoms with van der Waals surface area (Å²) in [6.07, 6.45) is 3.00. The number of nitrogens with zero attached hydrogens (tertiary/aromatic N) is 1. The van der Waals surface area contributed by atoms with Crippen LogP contribution in [-0.4, -0.2) is 48.3 Å². The number of benzene rings is 2. The lowest BCUT2D eigenvalue weighted by atomic mass is 9.80. The Bertz CT molecular complexity index is 1060. The summed E-state index contributed by atoms with van der Waals surface area (Å²) in [6.45, 7) is 4.10. The third-order valence-electron chi connectivity index (χ3n) is 7.54. The summed E-state index contributed by atoms with van der Waals surface area (Å²) in [5, 5.41) is 9.52. The fourth-order valence-corrected chi connectivity index (χ4v) is 5.68. The molecule has 2 unspecified atom stereocenters. The van der Waals surface area contributed by atoms with Gasteiger partial charge in [0, 0.05) is 31.6 Å². The van der Waals surface area contributed by atoms with Crippen molar-refractivity contribution in [2.24, 2.45) is 5.92 Å². The molecule has 2 saturated heterocycles. The van der Waals surface area contributed by atoms with Crippen LogP contribution in [0.3, 0.4) is 0 Å². The first-order valence-corrected chi connectivity index (χ1v) is 12.3. The summed E-state index contributed by atoms with van der Waals surface area (Å²) in [5.74, 6) is 0.328. The van der Waals surface area contributed by atoms with E-state index in [1.807, 2.05) is 12.1 Å². The first-order chi connectivity index (χ1) is 16.6. The minimum absolute atomic E-state index is 0.122. The fourth-order valence-electron chi connectivity index (χ4n) is 5.68. The van der Waals surface area contributed by atoms with Crippen molar-refractivity contribution >= 4 is 17.7 Å². The van der Waals surface area contributed by atoms with Gasteiger partial charge in [0.25, 0.3) is 5.91 Å². The van der Waals surface area contributed by atoms with Crippen molar-refractivity contribution in [1.29, 1.82) is 0 Å². The maximum atomic E-state index is 13.1. The minimum Gasteiger partial charge on any atom is -0.322 e. The second-order valence-electron chi connectivity index (χ2n) is 9.58. The first-order valence-electron chi connectivity index (χ1n) is 12.3. The highest BCUT2D eigenvalue weighted by Gasteiger charge is 2.39. The van der Waals surface area contributed by atoms with Crippen molar-refractivity contribution in [3.63, 3.8) is 0 Å². The average molecular weight is 461 g/mol. The van der Waals surface area contributed by atoms with E-state index in [-0.39, 0.29) is 24.1 Å². The number of piperidine rings is 2. The standard InChI is InChI=1S/C27H32N4O3/c32-25-10-9-24(26(33)30-25)31-17-23-20(7-4-8-21(23)27(31)34)15-29-16-22(18-5-2-1-3-6-18)19-11-13-28-14-12-19/h1-8,19,22,24,28-29H,9-17H2,(H,30,32,33). The lowest BCUT2D eigenvalue weighted by Crippen LogP contribution is -2.52. The molecule has 3 N–H and O–H groups in total. The largest absolute Gasteiger partial charge is 0.322 e. The molecule has 0 saturated carbocycles. The summed E-state index contributed by atoms with van der Waals surface area (Å²) in [7, 11) is 0. The molecule has 7 heteroatoms. The highest BCUT2D eigenvalue weighted by Crippen LogP contribution is 2.32. The highest BCUT2D eigenvalue weighted by molar-refractivity contribution is 6.05. The van der Waals surface area contributed by atoms with Crippen molar-refractivity contribution in [1.82, 2.24) is 20.9 Å². The van der Waals surface area contributed by atoms with Crippen LogP contribution < -0.4 is 16.0 Å². The zero-order valence-corrected chi connectivity index (χ0v) is 19.4. The number of hydrogen-bond donors (Lipinski definition) is 3. The van der Waals surface area contributed by atoms with E-state index in [1.54, 1.807) is 4.90 Å². The van der Waals surface area contributed by atoms with Gasteiger partial charge in [-0.25, -0.2) is 0 Å². The van der Waals surface area contributed by atoms with E-state index in [4.69, 9.17) is 0 Å². The number of nitrogens with one attached hydrogen (secondary N) is 3. The summed E-state index contributed by atoms with van der Waals surface area (Å²) in [6, 6.07) is 16.0. The van der Waals surface area contributed by atoms with Gasteiger partial charge in [-0.05, 0) is 66.9 Å². The van der Waals surface area contributed by atoms with Crippen LogP contribution in [0.1, 0.15) is 58.6 Å². The maximum Gasteiger partial charge on any atom is 0.255 e. The molecule has 2 fully saturated rings. The normalized spacial score (nSPS) is 21.9. The number of imide groups is 1. The van der Waals surface area contributed by atoms with Crippen molar-refractivity contribution < 1.29 is 14.4 Å². The molecule has 3 aliphatic heterocycles. The Morgan fingerprint density at radius 2 is 1.76 bits per heavy atom. The lowest BCUT2D eigenvalue weighted by Gasteiger charge is -2.31. The van der Waals surface area contributed by atoms with Crippen LogP contribution in [0.4, 0.5) is 0 Å². The number of hydrogen-bond acceptors (Lipinski definition) is 5.